The summed E-state index contributed by atoms with van der Waals surface area (Å²) in [6.07, 6.45) is 6.71. The summed E-state index contributed by atoms with van der Waals surface area (Å²) in [7, 11) is 5.68. The number of methoxy groups -OCH3 is 1. The van der Waals surface area contributed by atoms with Gasteiger partial charge in [-0.2, -0.15) is 0 Å². The second kappa shape index (κ2) is 13.2. The zero-order valence-electron chi connectivity index (χ0n) is 21.6. The van der Waals surface area contributed by atoms with E-state index < -0.39 is 0 Å². The number of benzene rings is 1. The molecule has 190 valence electrons. The number of amides is 2. The maximum absolute atomic E-state index is 12.9. The van der Waals surface area contributed by atoms with Crippen LogP contribution in [0.25, 0.3) is 0 Å². The Morgan fingerprint density at radius 2 is 1.89 bits per heavy atom. The summed E-state index contributed by atoms with van der Waals surface area (Å²) >= 11 is 0. The van der Waals surface area contributed by atoms with Crippen LogP contribution in [0.2, 0.25) is 0 Å². The molecular weight excluding hydrogens is 440 g/mol. The molecule has 35 heavy (non-hydrogen) atoms. The van der Waals surface area contributed by atoms with E-state index in [-0.39, 0.29) is 17.9 Å². The molecule has 1 aliphatic rings. The van der Waals surface area contributed by atoms with Gasteiger partial charge in [0.25, 0.3) is 5.91 Å². The summed E-state index contributed by atoms with van der Waals surface area (Å²) in [6, 6.07) is 11.8. The van der Waals surface area contributed by atoms with Gasteiger partial charge in [-0.1, -0.05) is 24.3 Å². The van der Waals surface area contributed by atoms with Gasteiger partial charge in [-0.15, -0.1) is 0 Å². The van der Waals surface area contributed by atoms with Gasteiger partial charge in [0.15, 0.2) is 0 Å². The molecule has 1 fully saturated rings. The highest BCUT2D eigenvalue weighted by Crippen LogP contribution is 2.23. The number of ether oxygens (including phenoxy) is 1. The summed E-state index contributed by atoms with van der Waals surface area (Å²) in [4.78, 5) is 33.9. The van der Waals surface area contributed by atoms with Crippen molar-refractivity contribution in [3.63, 3.8) is 0 Å². The van der Waals surface area contributed by atoms with Gasteiger partial charge < -0.3 is 19.9 Å². The molecule has 1 aliphatic heterocycles. The second-order valence-corrected chi connectivity index (χ2v) is 9.85. The predicted octanol–water partition coefficient (Wildman–Crippen LogP) is 3.57. The van der Waals surface area contributed by atoms with Crippen molar-refractivity contribution in [1.82, 2.24) is 20.1 Å². The number of likely N-dealkylation sites (tertiary alicyclic amines) is 1. The van der Waals surface area contributed by atoms with Gasteiger partial charge in [-0.05, 0) is 76.2 Å². The van der Waals surface area contributed by atoms with E-state index in [1.165, 1.54) is 0 Å². The Bertz CT molecular complexity index is 953. The lowest BCUT2D eigenvalue weighted by atomic mass is 9.90. The van der Waals surface area contributed by atoms with Crippen LogP contribution < -0.4 is 10.1 Å². The molecule has 0 bridgehead atoms. The quantitative estimate of drug-likeness (QED) is 0.532. The van der Waals surface area contributed by atoms with Gasteiger partial charge in [-0.25, -0.2) is 4.98 Å². The molecule has 1 N–H and O–H groups in total. The Hall–Kier alpha value is -2.93. The van der Waals surface area contributed by atoms with Crippen molar-refractivity contribution in [3.8, 4) is 5.88 Å². The molecule has 0 spiro atoms. The van der Waals surface area contributed by atoms with Crippen LogP contribution in [0.3, 0.4) is 0 Å². The minimum Gasteiger partial charge on any atom is -0.481 e. The largest absolute Gasteiger partial charge is 0.481 e. The minimum absolute atomic E-state index is 0.00694. The first-order valence-corrected chi connectivity index (χ1v) is 12.7. The fourth-order valence-electron chi connectivity index (χ4n) is 4.67. The SMILES string of the molecule is COc1ccc(CCC(=O)N2CCC(CC(C)NC(=O)c3ccccc3CCN(C)C)CC2)cn1. The Labute approximate surface area is 209 Å². The topological polar surface area (TPSA) is 74.8 Å². The highest BCUT2D eigenvalue weighted by atomic mass is 16.5. The first-order valence-electron chi connectivity index (χ1n) is 12.7. The van der Waals surface area contributed by atoms with Gasteiger partial charge in [0.05, 0.1) is 7.11 Å². The maximum atomic E-state index is 12.9. The molecule has 1 saturated heterocycles. The number of nitrogens with zero attached hydrogens (tertiary/aromatic N) is 3. The van der Waals surface area contributed by atoms with E-state index in [0.29, 0.717) is 24.6 Å². The summed E-state index contributed by atoms with van der Waals surface area (Å²) in [5.41, 5.74) is 2.90. The van der Waals surface area contributed by atoms with E-state index in [9.17, 15) is 9.59 Å². The van der Waals surface area contributed by atoms with Crippen molar-refractivity contribution < 1.29 is 14.3 Å². The van der Waals surface area contributed by atoms with Crippen LogP contribution in [-0.2, 0) is 17.6 Å². The van der Waals surface area contributed by atoms with Crippen LogP contribution in [0, 0.1) is 5.92 Å². The number of hydrogen-bond donors (Lipinski definition) is 1. The number of carbonyl (C=O) groups is 2. The van der Waals surface area contributed by atoms with E-state index in [0.717, 1.165) is 62.0 Å². The standard InChI is InChI=1S/C28H40N4O3/c1-21(30-28(34)25-8-6-5-7-24(25)15-16-31(2)3)19-22-13-17-32(18-14-22)27(33)12-10-23-9-11-26(35-4)29-20-23/h5-9,11,20-22H,10,12-19H2,1-4H3,(H,30,34). The van der Waals surface area contributed by atoms with Crippen molar-refractivity contribution in [2.24, 2.45) is 5.92 Å². The summed E-state index contributed by atoms with van der Waals surface area (Å²) < 4.78 is 5.08. The van der Waals surface area contributed by atoms with Gasteiger partial charge >= 0.3 is 0 Å². The Morgan fingerprint density at radius 3 is 2.54 bits per heavy atom. The number of likely N-dealkylation sites (N-methyl/N-ethyl adjacent to an activating group) is 1. The molecule has 1 aromatic carbocycles. The first-order chi connectivity index (χ1) is 16.9. The predicted molar refractivity (Wildman–Crippen MR) is 139 cm³/mol. The van der Waals surface area contributed by atoms with Gasteiger partial charge in [0.1, 0.15) is 0 Å². The van der Waals surface area contributed by atoms with Crippen LogP contribution in [0.5, 0.6) is 5.88 Å². The maximum Gasteiger partial charge on any atom is 0.251 e. The van der Waals surface area contributed by atoms with Crippen LogP contribution >= 0.6 is 0 Å². The van der Waals surface area contributed by atoms with E-state index in [1.807, 2.05) is 55.4 Å². The molecule has 0 radical (unpaired) electrons. The van der Waals surface area contributed by atoms with Crippen LogP contribution in [-0.4, -0.2) is 73.5 Å². The van der Waals surface area contributed by atoms with E-state index in [2.05, 4.69) is 22.1 Å². The number of aryl methyl sites for hydroxylation is 1. The Balaban J connectivity index is 1.41. The average Bonchev–Trinajstić information content (AvgIpc) is 2.86. The molecule has 7 nitrogen and oxygen atoms in total. The van der Waals surface area contributed by atoms with Crippen LogP contribution in [0.15, 0.2) is 42.6 Å². The molecule has 0 saturated carbocycles. The third kappa shape index (κ3) is 8.35. The van der Waals surface area contributed by atoms with Crippen molar-refractivity contribution in [2.45, 2.75) is 51.5 Å². The highest BCUT2D eigenvalue weighted by molar-refractivity contribution is 5.95. The molecule has 1 aromatic heterocycles. The lowest BCUT2D eigenvalue weighted by Gasteiger charge is -2.33. The van der Waals surface area contributed by atoms with Gasteiger partial charge in [0, 0.05) is 49.9 Å². The van der Waals surface area contributed by atoms with Crippen molar-refractivity contribution in [3.05, 3.63) is 59.3 Å². The third-order valence-electron chi connectivity index (χ3n) is 6.76. The number of nitrogens with one attached hydrogen (secondary N) is 1. The number of aromatic nitrogens is 1. The zero-order valence-corrected chi connectivity index (χ0v) is 21.6. The number of hydrogen-bond acceptors (Lipinski definition) is 5. The highest BCUT2D eigenvalue weighted by Gasteiger charge is 2.24. The summed E-state index contributed by atoms with van der Waals surface area (Å²) in [5.74, 6) is 1.31. The summed E-state index contributed by atoms with van der Waals surface area (Å²) in [6.45, 7) is 4.58. The van der Waals surface area contributed by atoms with Gasteiger partial charge in [-0.3, -0.25) is 9.59 Å². The molecule has 0 aliphatic carbocycles. The molecule has 1 unspecified atom stereocenters. The minimum atomic E-state index is 0.00694. The van der Waals surface area contributed by atoms with Crippen LogP contribution in [0.4, 0.5) is 0 Å². The average molecular weight is 481 g/mol. The fraction of sp³-hybridized carbons (Fsp3) is 0.536. The van der Waals surface area contributed by atoms with Crippen molar-refractivity contribution in [1.29, 1.82) is 0 Å². The van der Waals surface area contributed by atoms with Crippen LogP contribution in [0.1, 0.15) is 54.1 Å². The second-order valence-electron chi connectivity index (χ2n) is 9.85. The molecule has 3 rings (SSSR count). The first kappa shape index (κ1) is 26.7. The van der Waals surface area contributed by atoms with Crippen molar-refractivity contribution in [2.75, 3.05) is 40.8 Å². The fourth-order valence-corrected chi connectivity index (χ4v) is 4.67. The van der Waals surface area contributed by atoms with Crippen molar-refractivity contribution >= 4 is 11.8 Å². The molecule has 2 amide bonds. The third-order valence-corrected chi connectivity index (χ3v) is 6.76. The van der Waals surface area contributed by atoms with E-state index in [4.69, 9.17) is 4.74 Å². The zero-order chi connectivity index (χ0) is 25.2. The number of pyridine rings is 1. The molecule has 2 heterocycles. The van der Waals surface area contributed by atoms with Gasteiger partial charge in [0.2, 0.25) is 11.8 Å². The number of rotatable bonds is 11. The lowest BCUT2D eigenvalue weighted by molar-refractivity contribution is -0.132. The van der Waals surface area contributed by atoms with E-state index >= 15 is 0 Å². The molecule has 2 aromatic rings. The molecule has 7 heteroatoms. The molecule has 1 atom stereocenters. The summed E-state index contributed by atoms with van der Waals surface area (Å²) in [5, 5.41) is 3.20. The molecular formula is C28H40N4O3. The smallest absolute Gasteiger partial charge is 0.251 e. The lowest BCUT2D eigenvalue weighted by Crippen LogP contribution is -2.41. The normalized spacial score (nSPS) is 15.2. The Morgan fingerprint density at radius 1 is 1.14 bits per heavy atom. The number of piperidine rings is 1. The monoisotopic (exact) mass is 480 g/mol. The number of carbonyl (C=O) groups excluding carboxylic acids is 2. The Kier molecular flexibility index (Phi) is 10.1. The van der Waals surface area contributed by atoms with E-state index in [1.54, 1.807) is 13.3 Å².